The van der Waals surface area contributed by atoms with Crippen LogP contribution in [0.2, 0.25) is 0 Å². The van der Waals surface area contributed by atoms with Crippen molar-refractivity contribution >= 4 is 17.7 Å². The summed E-state index contributed by atoms with van der Waals surface area (Å²) in [6.45, 7) is 2.76. The van der Waals surface area contributed by atoms with Crippen LogP contribution in [0.25, 0.3) is 0 Å². The molecule has 1 amide bonds. The van der Waals surface area contributed by atoms with Gasteiger partial charge in [0.1, 0.15) is 5.82 Å². The number of carbonyl (C=O) groups excluding carboxylic acids is 1. The van der Waals surface area contributed by atoms with Crippen LogP contribution in [0.3, 0.4) is 0 Å². The third-order valence-electron chi connectivity index (χ3n) is 5.28. The minimum atomic E-state index is -1.01. The van der Waals surface area contributed by atoms with Crippen LogP contribution in [0.1, 0.15) is 41.6 Å². The first kappa shape index (κ1) is 21.0. The molecule has 3 rings (SSSR count). The minimum Gasteiger partial charge on any atom is -0.362 e. The molecule has 1 aromatic heterocycles. The number of hydrogen-bond donors (Lipinski definition) is 2. The molecule has 0 saturated heterocycles. The summed E-state index contributed by atoms with van der Waals surface area (Å²) in [4.78, 5) is 23.1. The smallest absolute Gasteiger partial charge is 0.251 e. The van der Waals surface area contributed by atoms with Crippen molar-refractivity contribution in [3.05, 3.63) is 47.2 Å². The Morgan fingerprint density at radius 1 is 1.17 bits per heavy atom. The quantitative estimate of drug-likeness (QED) is 0.772. The van der Waals surface area contributed by atoms with Crippen LogP contribution in [0.5, 0.6) is 0 Å². The number of halogens is 2. The van der Waals surface area contributed by atoms with Crippen molar-refractivity contribution in [3.63, 3.8) is 0 Å². The average molecular weight is 403 g/mol. The van der Waals surface area contributed by atoms with Gasteiger partial charge in [-0.3, -0.25) is 4.79 Å². The lowest BCUT2D eigenvalue weighted by atomic mass is 9.86. The topological polar surface area (TPSA) is 70.1 Å². The van der Waals surface area contributed by atoms with Crippen LogP contribution in [-0.4, -0.2) is 42.6 Å². The van der Waals surface area contributed by atoms with Gasteiger partial charge in [0.25, 0.3) is 5.91 Å². The van der Waals surface area contributed by atoms with Crippen LogP contribution in [0.4, 0.5) is 20.5 Å². The second kappa shape index (κ2) is 9.15. The van der Waals surface area contributed by atoms with Crippen LogP contribution in [0, 0.1) is 24.5 Å². The summed E-state index contributed by atoms with van der Waals surface area (Å²) in [6, 6.07) is 3.25. The molecule has 1 aromatic carbocycles. The van der Waals surface area contributed by atoms with E-state index in [0.29, 0.717) is 11.9 Å². The third kappa shape index (κ3) is 5.40. The Kier molecular flexibility index (Phi) is 6.61. The zero-order valence-corrected chi connectivity index (χ0v) is 17.0. The van der Waals surface area contributed by atoms with Crippen molar-refractivity contribution < 1.29 is 13.6 Å². The van der Waals surface area contributed by atoms with E-state index in [1.807, 2.05) is 32.1 Å². The molecule has 29 heavy (non-hydrogen) atoms. The van der Waals surface area contributed by atoms with Crippen molar-refractivity contribution in [3.8, 4) is 0 Å². The van der Waals surface area contributed by atoms with E-state index < -0.39 is 11.6 Å². The molecule has 0 atom stereocenters. The van der Waals surface area contributed by atoms with Crippen LogP contribution >= 0.6 is 0 Å². The summed E-state index contributed by atoms with van der Waals surface area (Å²) in [5, 5.41) is 6.24. The van der Waals surface area contributed by atoms with Crippen molar-refractivity contribution in [2.75, 3.05) is 30.9 Å². The van der Waals surface area contributed by atoms with E-state index in [-0.39, 0.29) is 17.5 Å². The summed E-state index contributed by atoms with van der Waals surface area (Å²) in [6.07, 6.45) is 5.43. The van der Waals surface area contributed by atoms with Gasteiger partial charge in [-0.15, -0.1) is 0 Å². The zero-order chi connectivity index (χ0) is 21.0. The number of nitrogens with zero attached hydrogens (tertiary/aromatic N) is 3. The first-order valence-electron chi connectivity index (χ1n) is 9.84. The molecule has 0 bridgehead atoms. The van der Waals surface area contributed by atoms with E-state index >= 15 is 0 Å². The Hall–Kier alpha value is -2.77. The zero-order valence-electron chi connectivity index (χ0n) is 17.0. The van der Waals surface area contributed by atoms with Gasteiger partial charge in [0.15, 0.2) is 11.6 Å². The number of rotatable bonds is 6. The van der Waals surface area contributed by atoms with Crippen LogP contribution in [-0.2, 0) is 0 Å². The average Bonchev–Trinajstić information content (AvgIpc) is 2.70. The maximum absolute atomic E-state index is 13.3. The van der Waals surface area contributed by atoms with Crippen molar-refractivity contribution in [1.82, 2.24) is 15.3 Å². The van der Waals surface area contributed by atoms with Gasteiger partial charge in [-0.05, 0) is 56.7 Å². The molecule has 0 aliphatic heterocycles. The Morgan fingerprint density at radius 3 is 2.55 bits per heavy atom. The number of carbonyl (C=O) groups is 1. The number of aryl methyl sites for hydroxylation is 1. The Bertz CT molecular complexity index is 866. The first-order chi connectivity index (χ1) is 13.8. The van der Waals surface area contributed by atoms with Gasteiger partial charge < -0.3 is 15.5 Å². The maximum atomic E-state index is 13.3. The molecule has 0 radical (unpaired) electrons. The molecule has 156 valence electrons. The highest BCUT2D eigenvalue weighted by molar-refractivity contribution is 5.94. The van der Waals surface area contributed by atoms with Crippen LogP contribution in [0.15, 0.2) is 24.4 Å². The summed E-state index contributed by atoms with van der Waals surface area (Å²) in [5.74, 6) is -0.346. The Labute approximate surface area is 169 Å². The van der Waals surface area contributed by atoms with E-state index in [1.165, 1.54) is 6.07 Å². The number of aromatic nitrogens is 2. The minimum absolute atomic E-state index is 0.0443. The Morgan fingerprint density at radius 2 is 1.90 bits per heavy atom. The fourth-order valence-electron chi connectivity index (χ4n) is 3.62. The van der Waals surface area contributed by atoms with E-state index in [2.05, 4.69) is 20.6 Å². The van der Waals surface area contributed by atoms with Gasteiger partial charge >= 0.3 is 0 Å². The monoisotopic (exact) mass is 403 g/mol. The standard InChI is InChI=1S/C21H27F2N5O/c1-13-11-24-21(27-19(13)28(2)3)25-12-14-4-7-16(8-5-14)26-20(29)15-6-9-17(22)18(23)10-15/h6,9-11,14,16H,4-5,7-8,12H2,1-3H3,(H,26,29)(H,24,25,27). The highest BCUT2D eigenvalue weighted by Crippen LogP contribution is 2.25. The number of amides is 1. The lowest BCUT2D eigenvalue weighted by Gasteiger charge is -2.29. The van der Waals surface area contributed by atoms with Gasteiger partial charge in [-0.25, -0.2) is 13.8 Å². The lowest BCUT2D eigenvalue weighted by molar-refractivity contribution is 0.0922. The predicted molar refractivity (Wildman–Crippen MR) is 109 cm³/mol. The maximum Gasteiger partial charge on any atom is 0.251 e. The first-order valence-corrected chi connectivity index (χ1v) is 9.84. The van der Waals surface area contributed by atoms with Gasteiger partial charge in [0.05, 0.1) is 0 Å². The van der Waals surface area contributed by atoms with E-state index in [9.17, 15) is 13.6 Å². The van der Waals surface area contributed by atoms with Gasteiger partial charge in [-0.1, -0.05) is 0 Å². The molecule has 2 aromatic rings. The molecule has 2 N–H and O–H groups in total. The number of hydrogen-bond acceptors (Lipinski definition) is 5. The Balaban J connectivity index is 1.46. The summed E-state index contributed by atoms with van der Waals surface area (Å²) in [5.41, 5.74) is 1.17. The second-order valence-electron chi connectivity index (χ2n) is 7.80. The van der Waals surface area contributed by atoms with Gasteiger partial charge in [-0.2, -0.15) is 4.98 Å². The highest BCUT2D eigenvalue weighted by Gasteiger charge is 2.23. The van der Waals surface area contributed by atoms with E-state index in [0.717, 1.165) is 55.7 Å². The lowest BCUT2D eigenvalue weighted by Crippen LogP contribution is -2.38. The number of benzene rings is 1. The molecule has 8 heteroatoms. The highest BCUT2D eigenvalue weighted by atomic mass is 19.2. The van der Waals surface area contributed by atoms with Gasteiger partial charge in [0.2, 0.25) is 5.95 Å². The SMILES string of the molecule is Cc1cnc(NCC2CCC(NC(=O)c3ccc(F)c(F)c3)CC2)nc1N(C)C. The molecule has 1 aliphatic carbocycles. The molecule has 1 saturated carbocycles. The third-order valence-corrected chi connectivity index (χ3v) is 5.28. The summed E-state index contributed by atoms with van der Waals surface area (Å²) in [7, 11) is 3.91. The normalized spacial score (nSPS) is 18.9. The van der Waals surface area contributed by atoms with Crippen LogP contribution < -0.4 is 15.5 Å². The molecule has 0 spiro atoms. The molecule has 0 unspecified atom stereocenters. The number of anilines is 2. The second-order valence-corrected chi connectivity index (χ2v) is 7.80. The molecule has 1 fully saturated rings. The van der Waals surface area contributed by atoms with Gasteiger partial charge in [0, 0.05) is 44.0 Å². The molecular formula is C21H27F2N5O. The largest absolute Gasteiger partial charge is 0.362 e. The number of nitrogens with one attached hydrogen (secondary N) is 2. The summed E-state index contributed by atoms with van der Waals surface area (Å²) < 4.78 is 26.3. The van der Waals surface area contributed by atoms with Crippen molar-refractivity contribution in [2.45, 2.75) is 38.6 Å². The summed E-state index contributed by atoms with van der Waals surface area (Å²) >= 11 is 0. The van der Waals surface area contributed by atoms with E-state index in [1.54, 1.807) is 0 Å². The fourth-order valence-corrected chi connectivity index (χ4v) is 3.62. The molecular weight excluding hydrogens is 376 g/mol. The predicted octanol–water partition coefficient (Wildman–Crippen LogP) is 3.53. The van der Waals surface area contributed by atoms with E-state index in [4.69, 9.17) is 0 Å². The fraction of sp³-hybridized carbons (Fsp3) is 0.476. The van der Waals surface area contributed by atoms with Crippen molar-refractivity contribution in [2.24, 2.45) is 5.92 Å². The molecule has 1 aliphatic rings. The molecule has 6 nitrogen and oxygen atoms in total. The molecule has 1 heterocycles. The van der Waals surface area contributed by atoms with Crippen molar-refractivity contribution in [1.29, 1.82) is 0 Å².